The summed E-state index contributed by atoms with van der Waals surface area (Å²) in [4.78, 5) is 13.1. The van der Waals surface area contributed by atoms with E-state index in [0.717, 1.165) is 0 Å². The van der Waals surface area contributed by atoms with Gasteiger partial charge in [0.05, 0.1) is 6.54 Å². The third-order valence-electron chi connectivity index (χ3n) is 0.934. The van der Waals surface area contributed by atoms with Gasteiger partial charge in [-0.05, 0) is 5.53 Å². The van der Waals surface area contributed by atoms with Crippen molar-refractivity contribution >= 4 is 5.78 Å². The molecule has 9 heavy (non-hydrogen) atoms. The number of azide groups is 1. The summed E-state index contributed by atoms with van der Waals surface area (Å²) < 4.78 is 0. The fourth-order valence-corrected chi connectivity index (χ4v) is 0.284. The molecule has 0 aromatic rings. The number of nitrogens with zero attached hydrogens (tertiary/aromatic N) is 3. The van der Waals surface area contributed by atoms with E-state index >= 15 is 0 Å². The van der Waals surface area contributed by atoms with Gasteiger partial charge in [-0.2, -0.15) is 0 Å². The second-order valence-electron chi connectivity index (χ2n) is 2.01. The van der Waals surface area contributed by atoms with Crippen LogP contribution < -0.4 is 0 Å². The Labute approximate surface area is 53.5 Å². The molecule has 0 atom stereocenters. The number of Topliss-reactive ketones (excluding diaryl/α,β-unsaturated/α-hetero) is 1. The molecule has 0 aromatic heterocycles. The summed E-state index contributed by atoms with van der Waals surface area (Å²) in [7, 11) is 0. The van der Waals surface area contributed by atoms with Crippen LogP contribution in [0.3, 0.4) is 0 Å². The van der Waals surface area contributed by atoms with Gasteiger partial charge in [-0.25, -0.2) is 0 Å². The normalized spacial score (nSPS) is 8.78. The predicted octanol–water partition coefficient (Wildman–Crippen LogP) is 1.52. The lowest BCUT2D eigenvalue weighted by molar-refractivity contribution is -0.120. The molecule has 0 N–H and O–H groups in total. The Kier molecular flexibility index (Phi) is 3.48. The molecule has 0 amide bonds. The van der Waals surface area contributed by atoms with E-state index < -0.39 is 0 Å². The second kappa shape index (κ2) is 3.92. The van der Waals surface area contributed by atoms with Crippen LogP contribution in [0.15, 0.2) is 5.11 Å². The Morgan fingerprint density at radius 1 is 1.78 bits per heavy atom. The molecule has 0 saturated carbocycles. The van der Waals surface area contributed by atoms with E-state index in [1.54, 1.807) is 13.8 Å². The highest BCUT2D eigenvalue weighted by molar-refractivity contribution is 5.82. The lowest BCUT2D eigenvalue weighted by Gasteiger charge is -1.96. The zero-order valence-corrected chi connectivity index (χ0v) is 5.53. The average Bonchev–Trinajstić information content (AvgIpc) is 1.82. The average molecular weight is 127 g/mol. The zero-order chi connectivity index (χ0) is 7.28. The van der Waals surface area contributed by atoms with Crippen LogP contribution in [0.1, 0.15) is 13.8 Å². The maximum Gasteiger partial charge on any atom is 0.141 e. The summed E-state index contributed by atoms with van der Waals surface area (Å²) in [6.45, 7) is 3.53. The summed E-state index contributed by atoms with van der Waals surface area (Å²) in [6.07, 6.45) is 0. The van der Waals surface area contributed by atoms with Crippen LogP contribution in [0.4, 0.5) is 0 Å². The van der Waals surface area contributed by atoms with Crippen molar-refractivity contribution in [1.82, 2.24) is 0 Å². The molecule has 0 spiro atoms. The molecule has 0 aliphatic carbocycles. The summed E-state index contributed by atoms with van der Waals surface area (Å²) >= 11 is 0. The molecule has 0 heterocycles. The highest BCUT2D eigenvalue weighted by Gasteiger charge is 2.03. The van der Waals surface area contributed by atoms with Crippen molar-refractivity contribution in [3.8, 4) is 0 Å². The van der Waals surface area contributed by atoms with Crippen molar-refractivity contribution in [2.75, 3.05) is 6.54 Å². The first kappa shape index (κ1) is 7.98. The molecule has 0 aromatic carbocycles. The molecule has 0 aliphatic heterocycles. The Balaban J connectivity index is 3.64. The van der Waals surface area contributed by atoms with E-state index in [-0.39, 0.29) is 18.2 Å². The van der Waals surface area contributed by atoms with Crippen LogP contribution in [-0.4, -0.2) is 12.3 Å². The summed E-state index contributed by atoms with van der Waals surface area (Å²) in [5, 5.41) is 3.12. The maximum atomic E-state index is 10.6. The van der Waals surface area contributed by atoms with Crippen LogP contribution in [0.5, 0.6) is 0 Å². The van der Waals surface area contributed by atoms with Crippen LogP contribution >= 0.6 is 0 Å². The molecule has 4 heteroatoms. The molecule has 4 nitrogen and oxygen atoms in total. The Morgan fingerprint density at radius 2 is 2.33 bits per heavy atom. The number of hydrogen-bond acceptors (Lipinski definition) is 2. The van der Waals surface area contributed by atoms with Gasteiger partial charge in [0.1, 0.15) is 5.78 Å². The Hall–Kier alpha value is -1.02. The van der Waals surface area contributed by atoms with Gasteiger partial charge in [-0.3, -0.25) is 4.79 Å². The van der Waals surface area contributed by atoms with Crippen LogP contribution in [0.25, 0.3) is 10.4 Å². The van der Waals surface area contributed by atoms with Crippen LogP contribution in [-0.2, 0) is 4.79 Å². The van der Waals surface area contributed by atoms with Crippen LogP contribution in [0.2, 0.25) is 0 Å². The molecule has 0 radical (unpaired) electrons. The third kappa shape index (κ3) is 3.55. The lowest BCUT2D eigenvalue weighted by Crippen LogP contribution is -2.09. The quantitative estimate of drug-likeness (QED) is 0.322. The molecular formula is C5H9N3O. The predicted molar refractivity (Wildman–Crippen MR) is 33.9 cm³/mol. The maximum absolute atomic E-state index is 10.6. The van der Waals surface area contributed by atoms with E-state index in [0.29, 0.717) is 0 Å². The molecule has 0 aliphatic rings. The molecule has 50 valence electrons. The third-order valence-corrected chi connectivity index (χ3v) is 0.934. The number of ketones is 1. The number of carbonyl (C=O) groups is 1. The Morgan fingerprint density at radius 3 is 2.67 bits per heavy atom. The van der Waals surface area contributed by atoms with E-state index in [1.165, 1.54) is 0 Å². The molecule has 0 bridgehead atoms. The van der Waals surface area contributed by atoms with Gasteiger partial charge < -0.3 is 0 Å². The van der Waals surface area contributed by atoms with E-state index in [4.69, 9.17) is 5.53 Å². The van der Waals surface area contributed by atoms with Gasteiger partial charge in [-0.1, -0.05) is 19.0 Å². The van der Waals surface area contributed by atoms with Gasteiger partial charge in [0.2, 0.25) is 0 Å². The van der Waals surface area contributed by atoms with Gasteiger partial charge >= 0.3 is 0 Å². The van der Waals surface area contributed by atoms with Crippen molar-refractivity contribution in [2.45, 2.75) is 13.8 Å². The standard InChI is InChI=1S/C5H9N3O/c1-4(2)5(9)3-7-8-6/h4H,3H2,1-2H3. The van der Waals surface area contributed by atoms with Crippen molar-refractivity contribution in [2.24, 2.45) is 11.0 Å². The van der Waals surface area contributed by atoms with Crippen molar-refractivity contribution in [3.63, 3.8) is 0 Å². The first-order chi connectivity index (χ1) is 4.18. The van der Waals surface area contributed by atoms with Gasteiger partial charge in [0.15, 0.2) is 0 Å². The molecule has 0 fully saturated rings. The molecule has 0 unspecified atom stereocenters. The molecule has 0 saturated heterocycles. The van der Waals surface area contributed by atoms with Crippen molar-refractivity contribution in [1.29, 1.82) is 0 Å². The van der Waals surface area contributed by atoms with E-state index in [2.05, 4.69) is 10.0 Å². The number of rotatable bonds is 3. The minimum absolute atomic E-state index is 0.0197. The Bertz CT molecular complexity index is 146. The monoisotopic (exact) mass is 127 g/mol. The number of carbonyl (C=O) groups excluding carboxylic acids is 1. The lowest BCUT2D eigenvalue weighted by atomic mass is 10.1. The molecular weight excluding hydrogens is 118 g/mol. The largest absolute Gasteiger partial charge is 0.299 e. The zero-order valence-electron chi connectivity index (χ0n) is 5.53. The van der Waals surface area contributed by atoms with Gasteiger partial charge in [-0.15, -0.1) is 0 Å². The van der Waals surface area contributed by atoms with E-state index in [1.807, 2.05) is 0 Å². The highest BCUT2D eigenvalue weighted by atomic mass is 16.1. The van der Waals surface area contributed by atoms with Crippen molar-refractivity contribution < 1.29 is 4.79 Å². The van der Waals surface area contributed by atoms with E-state index in [9.17, 15) is 4.79 Å². The fourth-order valence-electron chi connectivity index (χ4n) is 0.284. The SMILES string of the molecule is CC(C)C(=O)CN=[N+]=[N-]. The first-order valence-corrected chi connectivity index (χ1v) is 2.72. The first-order valence-electron chi connectivity index (χ1n) is 2.72. The van der Waals surface area contributed by atoms with Gasteiger partial charge in [0, 0.05) is 10.8 Å². The molecule has 0 rings (SSSR count). The van der Waals surface area contributed by atoms with Crippen molar-refractivity contribution in [3.05, 3.63) is 10.4 Å². The summed E-state index contributed by atoms with van der Waals surface area (Å²) in [5.74, 6) is -0.0525. The highest BCUT2D eigenvalue weighted by Crippen LogP contribution is 1.93. The minimum Gasteiger partial charge on any atom is -0.299 e. The van der Waals surface area contributed by atoms with Crippen LogP contribution in [0, 0.1) is 5.92 Å². The number of hydrogen-bond donors (Lipinski definition) is 0. The van der Waals surface area contributed by atoms with Gasteiger partial charge in [0.25, 0.3) is 0 Å². The fraction of sp³-hybridized carbons (Fsp3) is 0.800. The minimum atomic E-state index is -0.0319. The summed E-state index contributed by atoms with van der Waals surface area (Å²) in [6, 6.07) is 0. The second-order valence-corrected chi connectivity index (χ2v) is 2.01. The smallest absolute Gasteiger partial charge is 0.141 e. The summed E-state index contributed by atoms with van der Waals surface area (Å²) in [5.41, 5.74) is 7.80. The topological polar surface area (TPSA) is 65.8 Å².